The number of rotatable bonds is 6. The molecule has 0 saturated carbocycles. The van der Waals surface area contributed by atoms with Crippen LogP contribution in [0.3, 0.4) is 0 Å². The molecule has 6 nitrogen and oxygen atoms in total. The number of nitrogens with zero attached hydrogens (tertiary/aromatic N) is 1. The van der Waals surface area contributed by atoms with Crippen LogP contribution in [-0.2, 0) is 6.61 Å². The van der Waals surface area contributed by atoms with E-state index in [9.17, 15) is 4.79 Å². The Hall–Kier alpha value is -3.54. The minimum absolute atomic E-state index is 0.194. The fourth-order valence-corrected chi connectivity index (χ4v) is 3.16. The van der Waals surface area contributed by atoms with Crippen molar-refractivity contribution in [2.75, 3.05) is 0 Å². The number of para-hydroxylation sites is 1. The molecule has 0 bridgehead atoms. The summed E-state index contributed by atoms with van der Waals surface area (Å²) in [5.74, 6) is 1.86. The minimum Gasteiger partial charge on any atom is -0.489 e. The summed E-state index contributed by atoms with van der Waals surface area (Å²) in [6.07, 6.45) is 0. The van der Waals surface area contributed by atoms with E-state index < -0.39 is 0 Å². The third-order valence-electron chi connectivity index (χ3n) is 4.88. The SMILES string of the molecule is Cc1noc(C)c1COc1cccc(C(=O)N[C@H](C)c2cc3ccccc3o2)c1. The Balaban J connectivity index is 1.43. The summed E-state index contributed by atoms with van der Waals surface area (Å²) in [5, 5.41) is 7.91. The number of ether oxygens (including phenoxy) is 1. The molecular weight excluding hydrogens is 368 g/mol. The molecule has 1 atom stereocenters. The Labute approximate surface area is 168 Å². The molecule has 2 heterocycles. The Bertz CT molecular complexity index is 1110. The smallest absolute Gasteiger partial charge is 0.251 e. The van der Waals surface area contributed by atoms with E-state index in [2.05, 4.69) is 10.5 Å². The highest BCUT2D eigenvalue weighted by molar-refractivity contribution is 5.94. The van der Waals surface area contributed by atoms with E-state index in [-0.39, 0.29) is 11.9 Å². The lowest BCUT2D eigenvalue weighted by Crippen LogP contribution is -2.26. The van der Waals surface area contributed by atoms with Crippen molar-refractivity contribution in [1.29, 1.82) is 0 Å². The lowest BCUT2D eigenvalue weighted by atomic mass is 10.1. The Morgan fingerprint density at radius 2 is 1.97 bits per heavy atom. The van der Waals surface area contributed by atoms with Gasteiger partial charge in [0.1, 0.15) is 29.5 Å². The molecule has 0 unspecified atom stereocenters. The van der Waals surface area contributed by atoms with Crippen molar-refractivity contribution in [3.63, 3.8) is 0 Å². The van der Waals surface area contributed by atoms with E-state index in [4.69, 9.17) is 13.7 Å². The molecule has 29 heavy (non-hydrogen) atoms. The average Bonchev–Trinajstić information content (AvgIpc) is 3.30. The summed E-state index contributed by atoms with van der Waals surface area (Å²) in [4.78, 5) is 12.7. The highest BCUT2D eigenvalue weighted by Gasteiger charge is 2.16. The molecule has 2 aromatic heterocycles. The van der Waals surface area contributed by atoms with Gasteiger partial charge in [0.2, 0.25) is 0 Å². The Morgan fingerprint density at radius 3 is 2.72 bits per heavy atom. The van der Waals surface area contributed by atoms with E-state index >= 15 is 0 Å². The van der Waals surface area contributed by atoms with Crippen molar-refractivity contribution in [3.8, 4) is 5.75 Å². The molecule has 0 saturated heterocycles. The summed E-state index contributed by atoms with van der Waals surface area (Å²) < 4.78 is 16.8. The number of hydrogen-bond donors (Lipinski definition) is 1. The second-order valence-electron chi connectivity index (χ2n) is 7.00. The van der Waals surface area contributed by atoms with Gasteiger partial charge < -0.3 is 19.0 Å². The van der Waals surface area contributed by atoms with Gasteiger partial charge in [0, 0.05) is 10.9 Å². The molecule has 148 valence electrons. The number of aryl methyl sites for hydroxylation is 2. The van der Waals surface area contributed by atoms with Crippen LogP contribution in [0.15, 0.2) is 63.5 Å². The molecule has 0 aliphatic rings. The molecule has 2 aromatic carbocycles. The van der Waals surface area contributed by atoms with Crippen LogP contribution in [0.2, 0.25) is 0 Å². The third kappa shape index (κ3) is 4.01. The second kappa shape index (κ2) is 7.83. The van der Waals surface area contributed by atoms with Crippen LogP contribution < -0.4 is 10.1 Å². The molecule has 1 amide bonds. The van der Waals surface area contributed by atoms with Gasteiger partial charge in [-0.1, -0.05) is 29.4 Å². The van der Waals surface area contributed by atoms with Crippen molar-refractivity contribution < 1.29 is 18.5 Å². The summed E-state index contributed by atoms with van der Waals surface area (Å²) in [7, 11) is 0. The summed E-state index contributed by atoms with van der Waals surface area (Å²) >= 11 is 0. The van der Waals surface area contributed by atoms with Crippen LogP contribution in [0.5, 0.6) is 5.75 Å². The number of carbonyl (C=O) groups is 1. The molecule has 1 N–H and O–H groups in total. The zero-order valence-electron chi connectivity index (χ0n) is 16.6. The maximum absolute atomic E-state index is 12.7. The normalized spacial score (nSPS) is 12.1. The van der Waals surface area contributed by atoms with Gasteiger partial charge in [-0.05, 0) is 51.1 Å². The predicted molar refractivity (Wildman–Crippen MR) is 109 cm³/mol. The highest BCUT2D eigenvalue weighted by Crippen LogP contribution is 2.24. The summed E-state index contributed by atoms with van der Waals surface area (Å²) in [5.41, 5.74) is 3.04. The number of amides is 1. The number of hydrogen-bond acceptors (Lipinski definition) is 5. The molecule has 0 aliphatic heterocycles. The summed E-state index contributed by atoms with van der Waals surface area (Å²) in [6, 6.07) is 16.5. The van der Waals surface area contributed by atoms with Crippen molar-refractivity contribution in [3.05, 3.63) is 82.9 Å². The first-order chi connectivity index (χ1) is 14.0. The lowest BCUT2D eigenvalue weighted by molar-refractivity contribution is 0.0935. The maximum Gasteiger partial charge on any atom is 0.251 e. The van der Waals surface area contributed by atoms with Crippen molar-refractivity contribution in [1.82, 2.24) is 10.5 Å². The van der Waals surface area contributed by atoms with Gasteiger partial charge in [-0.3, -0.25) is 4.79 Å². The van der Waals surface area contributed by atoms with Gasteiger partial charge in [0.15, 0.2) is 0 Å². The van der Waals surface area contributed by atoms with Gasteiger partial charge >= 0.3 is 0 Å². The van der Waals surface area contributed by atoms with Gasteiger partial charge in [-0.25, -0.2) is 0 Å². The molecular formula is C23H22N2O4. The fraction of sp³-hybridized carbons (Fsp3) is 0.217. The van der Waals surface area contributed by atoms with E-state index in [0.717, 1.165) is 28.0 Å². The minimum atomic E-state index is -0.262. The van der Waals surface area contributed by atoms with Crippen LogP contribution in [0, 0.1) is 13.8 Å². The van der Waals surface area contributed by atoms with Gasteiger partial charge in [0.05, 0.1) is 17.3 Å². The molecule has 4 rings (SSSR count). The molecule has 0 aliphatic carbocycles. The topological polar surface area (TPSA) is 77.5 Å². The third-order valence-corrected chi connectivity index (χ3v) is 4.88. The summed E-state index contributed by atoms with van der Waals surface area (Å²) in [6.45, 7) is 5.95. The molecule has 4 aromatic rings. The monoisotopic (exact) mass is 390 g/mol. The van der Waals surface area contributed by atoms with Gasteiger partial charge in [-0.15, -0.1) is 0 Å². The van der Waals surface area contributed by atoms with Crippen LogP contribution in [0.25, 0.3) is 11.0 Å². The van der Waals surface area contributed by atoms with Crippen LogP contribution >= 0.6 is 0 Å². The first-order valence-corrected chi connectivity index (χ1v) is 9.45. The molecule has 0 fully saturated rings. The van der Waals surface area contributed by atoms with E-state index in [1.807, 2.05) is 57.2 Å². The Kier molecular flexibility index (Phi) is 5.08. The predicted octanol–water partition coefficient (Wildman–Crippen LogP) is 5.11. The number of carbonyl (C=O) groups excluding carboxylic acids is 1. The number of furan rings is 1. The highest BCUT2D eigenvalue weighted by atomic mass is 16.5. The van der Waals surface area contributed by atoms with Crippen molar-refractivity contribution in [2.45, 2.75) is 33.4 Å². The number of nitrogens with one attached hydrogen (secondary N) is 1. The van der Waals surface area contributed by atoms with Crippen LogP contribution in [0.4, 0.5) is 0 Å². The number of aromatic nitrogens is 1. The average molecular weight is 390 g/mol. The van der Waals surface area contributed by atoms with Crippen LogP contribution in [-0.4, -0.2) is 11.1 Å². The quantitative estimate of drug-likeness (QED) is 0.495. The molecule has 0 radical (unpaired) electrons. The maximum atomic E-state index is 12.7. The zero-order valence-corrected chi connectivity index (χ0v) is 16.6. The zero-order chi connectivity index (χ0) is 20.4. The molecule has 6 heteroatoms. The Morgan fingerprint density at radius 1 is 1.14 bits per heavy atom. The fourth-order valence-electron chi connectivity index (χ4n) is 3.16. The lowest BCUT2D eigenvalue weighted by Gasteiger charge is -2.12. The first-order valence-electron chi connectivity index (χ1n) is 9.45. The van der Waals surface area contributed by atoms with Crippen LogP contribution in [0.1, 0.15) is 46.1 Å². The number of fused-ring (bicyclic) bond motifs is 1. The van der Waals surface area contributed by atoms with E-state index in [1.54, 1.807) is 18.2 Å². The van der Waals surface area contributed by atoms with Crippen molar-refractivity contribution >= 4 is 16.9 Å². The van der Waals surface area contributed by atoms with Crippen molar-refractivity contribution in [2.24, 2.45) is 0 Å². The largest absolute Gasteiger partial charge is 0.489 e. The standard InChI is InChI=1S/C23H22N2O4/c1-14-20(16(3)29-25-14)13-27-19-9-6-8-18(11-19)23(26)24-15(2)22-12-17-7-4-5-10-21(17)28-22/h4-12,15H,13H2,1-3H3,(H,24,26)/t15-/m1/s1. The number of benzene rings is 2. The van der Waals surface area contributed by atoms with Gasteiger partial charge in [-0.2, -0.15) is 0 Å². The van der Waals surface area contributed by atoms with E-state index in [0.29, 0.717) is 23.7 Å². The van der Waals surface area contributed by atoms with E-state index in [1.165, 1.54) is 0 Å². The second-order valence-corrected chi connectivity index (χ2v) is 7.00. The van der Waals surface area contributed by atoms with Gasteiger partial charge in [0.25, 0.3) is 5.91 Å². The molecule has 0 spiro atoms. The first kappa shape index (κ1) is 18.8.